The Morgan fingerprint density at radius 3 is 2.73 bits per heavy atom. The zero-order valence-corrected chi connectivity index (χ0v) is 9.65. The van der Waals surface area contributed by atoms with Crippen LogP contribution in [0.15, 0.2) is 5.38 Å². The van der Waals surface area contributed by atoms with Crippen molar-refractivity contribution in [2.24, 2.45) is 0 Å². The van der Waals surface area contributed by atoms with E-state index in [4.69, 9.17) is 4.98 Å². The van der Waals surface area contributed by atoms with Crippen LogP contribution >= 0.6 is 11.3 Å². The average molecular weight is 223 g/mol. The van der Waals surface area contributed by atoms with E-state index in [1.807, 2.05) is 11.3 Å². The summed E-state index contributed by atoms with van der Waals surface area (Å²) >= 11 is 1.85. The van der Waals surface area contributed by atoms with Crippen molar-refractivity contribution in [1.29, 1.82) is 0 Å². The molecule has 2 aliphatic rings. The van der Waals surface area contributed by atoms with Gasteiger partial charge in [-0.25, -0.2) is 4.98 Å². The van der Waals surface area contributed by atoms with Crippen molar-refractivity contribution in [3.05, 3.63) is 16.1 Å². The smallest absolute Gasteiger partial charge is 0.0984 e. The normalized spacial score (nSPS) is 27.6. The first-order chi connectivity index (χ1) is 7.43. The molecule has 15 heavy (non-hydrogen) atoms. The largest absolute Gasteiger partial charge is 0.316 e. The first-order valence-corrected chi connectivity index (χ1v) is 6.68. The van der Waals surface area contributed by atoms with Crippen molar-refractivity contribution in [1.82, 2.24) is 15.6 Å². The summed E-state index contributed by atoms with van der Waals surface area (Å²) in [5.74, 6) is 1.36. The highest BCUT2D eigenvalue weighted by Gasteiger charge is 2.24. The van der Waals surface area contributed by atoms with Gasteiger partial charge in [0, 0.05) is 36.9 Å². The molecule has 1 atom stereocenters. The molecule has 0 aromatic carbocycles. The molecule has 2 N–H and O–H groups in total. The molecule has 82 valence electrons. The third-order valence-corrected chi connectivity index (χ3v) is 4.41. The molecular formula is C11H17N3S. The highest BCUT2D eigenvalue weighted by Crippen LogP contribution is 2.29. The van der Waals surface area contributed by atoms with E-state index >= 15 is 0 Å². The monoisotopic (exact) mass is 223 g/mol. The number of rotatable bonds is 2. The van der Waals surface area contributed by atoms with E-state index in [9.17, 15) is 0 Å². The lowest BCUT2D eigenvalue weighted by atomic mass is 9.97. The molecule has 2 aliphatic heterocycles. The van der Waals surface area contributed by atoms with Crippen LogP contribution in [0.25, 0.3) is 0 Å². The third kappa shape index (κ3) is 1.94. The Bertz CT molecular complexity index is 326. The van der Waals surface area contributed by atoms with Crippen LogP contribution in [-0.4, -0.2) is 31.2 Å². The second kappa shape index (κ2) is 4.20. The fraction of sp³-hybridized carbons (Fsp3) is 0.727. The highest BCUT2D eigenvalue weighted by molar-refractivity contribution is 7.09. The Labute approximate surface area is 94.3 Å². The van der Waals surface area contributed by atoms with Gasteiger partial charge < -0.3 is 10.6 Å². The van der Waals surface area contributed by atoms with Crippen LogP contribution in [0, 0.1) is 0 Å². The maximum atomic E-state index is 4.79. The van der Waals surface area contributed by atoms with Gasteiger partial charge in [0.15, 0.2) is 0 Å². The zero-order chi connectivity index (χ0) is 10.1. The summed E-state index contributed by atoms with van der Waals surface area (Å²) in [4.78, 5) is 4.79. The Kier molecular flexibility index (Phi) is 2.73. The van der Waals surface area contributed by atoms with Gasteiger partial charge in [-0.2, -0.15) is 0 Å². The van der Waals surface area contributed by atoms with E-state index in [0.29, 0.717) is 11.8 Å². The van der Waals surface area contributed by atoms with Crippen LogP contribution in [0.3, 0.4) is 0 Å². The topological polar surface area (TPSA) is 37.0 Å². The van der Waals surface area contributed by atoms with Crippen LogP contribution in [0.1, 0.15) is 35.4 Å². The second-order valence-electron chi connectivity index (χ2n) is 4.51. The van der Waals surface area contributed by atoms with Crippen LogP contribution in [0.4, 0.5) is 0 Å². The fourth-order valence-corrected chi connectivity index (χ4v) is 3.25. The summed E-state index contributed by atoms with van der Waals surface area (Å²) in [6.07, 6.45) is 2.60. The van der Waals surface area contributed by atoms with Gasteiger partial charge in [0.05, 0.1) is 10.7 Å². The first kappa shape index (κ1) is 9.75. The minimum Gasteiger partial charge on any atom is -0.316 e. The Balaban J connectivity index is 1.71. The molecule has 3 rings (SSSR count). The molecule has 2 saturated heterocycles. The molecule has 0 bridgehead atoms. The minimum atomic E-state index is 0.664. The van der Waals surface area contributed by atoms with Crippen molar-refractivity contribution >= 4 is 11.3 Å². The van der Waals surface area contributed by atoms with Crippen molar-refractivity contribution in [3.63, 3.8) is 0 Å². The maximum Gasteiger partial charge on any atom is 0.0984 e. The lowest BCUT2D eigenvalue weighted by Crippen LogP contribution is -2.39. The first-order valence-electron chi connectivity index (χ1n) is 5.80. The fourth-order valence-electron chi connectivity index (χ4n) is 2.24. The molecule has 0 amide bonds. The summed E-state index contributed by atoms with van der Waals surface area (Å²) in [7, 11) is 0. The van der Waals surface area contributed by atoms with Gasteiger partial charge >= 0.3 is 0 Å². The summed E-state index contributed by atoms with van der Waals surface area (Å²) in [5.41, 5.74) is 1.33. The molecule has 1 unspecified atom stereocenters. The summed E-state index contributed by atoms with van der Waals surface area (Å²) in [5, 5.41) is 10.4. The molecule has 0 aliphatic carbocycles. The van der Waals surface area contributed by atoms with E-state index in [0.717, 1.165) is 19.6 Å². The number of piperidine rings is 1. The molecule has 1 aromatic rings. The van der Waals surface area contributed by atoms with Crippen LogP contribution in [0.5, 0.6) is 0 Å². The van der Waals surface area contributed by atoms with E-state index < -0.39 is 0 Å². The van der Waals surface area contributed by atoms with Crippen molar-refractivity contribution in [2.45, 2.75) is 24.7 Å². The van der Waals surface area contributed by atoms with Gasteiger partial charge in [0.1, 0.15) is 0 Å². The molecule has 4 heteroatoms. The van der Waals surface area contributed by atoms with Crippen LogP contribution in [0.2, 0.25) is 0 Å². The highest BCUT2D eigenvalue weighted by atomic mass is 32.1. The molecule has 3 nitrogen and oxygen atoms in total. The summed E-state index contributed by atoms with van der Waals surface area (Å²) in [6, 6.07) is 0. The SMILES string of the molecule is c1sc(C2CNC2)nc1C1CCCNC1. The Morgan fingerprint density at radius 1 is 1.20 bits per heavy atom. The lowest BCUT2D eigenvalue weighted by Gasteiger charge is -2.25. The molecule has 0 radical (unpaired) electrons. The van der Waals surface area contributed by atoms with Crippen LogP contribution < -0.4 is 10.6 Å². The maximum absolute atomic E-state index is 4.79. The molecule has 0 spiro atoms. The minimum absolute atomic E-state index is 0.664. The number of aromatic nitrogens is 1. The van der Waals surface area contributed by atoms with E-state index in [1.54, 1.807) is 0 Å². The lowest BCUT2D eigenvalue weighted by molar-refractivity contribution is 0.437. The number of hydrogen-bond acceptors (Lipinski definition) is 4. The summed E-state index contributed by atoms with van der Waals surface area (Å²) in [6.45, 7) is 4.54. The summed E-state index contributed by atoms with van der Waals surface area (Å²) < 4.78 is 0. The predicted octanol–water partition coefficient (Wildman–Crippen LogP) is 1.30. The number of nitrogens with one attached hydrogen (secondary N) is 2. The molecule has 2 fully saturated rings. The van der Waals surface area contributed by atoms with Gasteiger partial charge in [0.25, 0.3) is 0 Å². The van der Waals surface area contributed by atoms with E-state index in [1.165, 1.54) is 30.1 Å². The van der Waals surface area contributed by atoms with Gasteiger partial charge in [-0.15, -0.1) is 11.3 Å². The van der Waals surface area contributed by atoms with Gasteiger partial charge in [-0.3, -0.25) is 0 Å². The number of hydrogen-bond donors (Lipinski definition) is 2. The van der Waals surface area contributed by atoms with E-state index in [2.05, 4.69) is 16.0 Å². The van der Waals surface area contributed by atoms with E-state index in [-0.39, 0.29) is 0 Å². The Hall–Kier alpha value is -0.450. The predicted molar refractivity (Wildman–Crippen MR) is 62.6 cm³/mol. The van der Waals surface area contributed by atoms with Crippen LogP contribution in [-0.2, 0) is 0 Å². The standard InChI is InChI=1S/C11H17N3S/c1-2-8(4-12-3-1)10-7-15-11(14-10)9-5-13-6-9/h7-9,12-13H,1-6H2. The van der Waals surface area contributed by atoms with Crippen molar-refractivity contribution < 1.29 is 0 Å². The Morgan fingerprint density at radius 2 is 2.07 bits per heavy atom. The third-order valence-electron chi connectivity index (χ3n) is 3.39. The molecular weight excluding hydrogens is 206 g/mol. The number of thiazole rings is 1. The molecule has 3 heterocycles. The quantitative estimate of drug-likeness (QED) is 0.793. The average Bonchev–Trinajstić information content (AvgIpc) is 2.66. The van der Waals surface area contributed by atoms with Crippen molar-refractivity contribution in [3.8, 4) is 0 Å². The second-order valence-corrected chi connectivity index (χ2v) is 5.40. The van der Waals surface area contributed by atoms with Crippen molar-refractivity contribution in [2.75, 3.05) is 26.2 Å². The van der Waals surface area contributed by atoms with Gasteiger partial charge in [0.2, 0.25) is 0 Å². The number of nitrogens with zero attached hydrogens (tertiary/aromatic N) is 1. The van der Waals surface area contributed by atoms with Gasteiger partial charge in [-0.1, -0.05) is 0 Å². The van der Waals surface area contributed by atoms with Gasteiger partial charge in [-0.05, 0) is 19.4 Å². The molecule has 0 saturated carbocycles. The molecule has 1 aromatic heterocycles. The zero-order valence-electron chi connectivity index (χ0n) is 8.83.